The van der Waals surface area contributed by atoms with Gasteiger partial charge in [-0.3, -0.25) is 0 Å². The molecule has 1 aromatic carbocycles. The quantitative estimate of drug-likeness (QED) is 0.901. The van der Waals surface area contributed by atoms with Gasteiger partial charge in [0.05, 0.1) is 10.6 Å². The van der Waals surface area contributed by atoms with Crippen LogP contribution in [0.1, 0.15) is 25.3 Å². The van der Waals surface area contributed by atoms with Gasteiger partial charge in [-0.05, 0) is 43.7 Å². The summed E-state index contributed by atoms with van der Waals surface area (Å²) < 4.78 is 0.334. The van der Waals surface area contributed by atoms with Crippen LogP contribution in [0.25, 0.3) is 0 Å². The number of anilines is 1. The minimum Gasteiger partial charge on any atom is -0.384 e. The van der Waals surface area contributed by atoms with E-state index in [-0.39, 0.29) is 0 Å². The Morgan fingerprint density at radius 2 is 2.41 bits per heavy atom. The molecule has 0 spiro atoms. The Morgan fingerprint density at radius 3 is 3.00 bits per heavy atom. The molecule has 0 aromatic heterocycles. The standard InChI is InChI=1S/C13H15ClN2S/c1-13(5-2-6-17-13)9-16-11-4-3-10(8-15)12(14)7-11/h3-4,7,16H,2,5-6,9H2,1H3. The van der Waals surface area contributed by atoms with E-state index in [1.165, 1.54) is 18.6 Å². The molecular formula is C13H15ClN2S. The summed E-state index contributed by atoms with van der Waals surface area (Å²) in [5.41, 5.74) is 1.52. The Balaban J connectivity index is 2.00. The molecule has 1 unspecified atom stereocenters. The minimum absolute atomic E-state index is 0.334. The monoisotopic (exact) mass is 266 g/mol. The molecular weight excluding hydrogens is 252 g/mol. The molecule has 2 rings (SSSR count). The molecule has 17 heavy (non-hydrogen) atoms. The highest BCUT2D eigenvalue weighted by Crippen LogP contribution is 2.37. The van der Waals surface area contributed by atoms with Crippen LogP contribution in [0, 0.1) is 11.3 Å². The number of nitrogens with one attached hydrogen (secondary N) is 1. The molecule has 0 saturated carbocycles. The Kier molecular flexibility index (Phi) is 3.86. The predicted octanol–water partition coefficient (Wildman–Crippen LogP) is 3.91. The van der Waals surface area contributed by atoms with Crippen LogP contribution in [0.3, 0.4) is 0 Å². The first-order valence-corrected chi connectivity index (χ1v) is 7.07. The molecule has 1 N–H and O–H groups in total. The van der Waals surface area contributed by atoms with Crippen molar-refractivity contribution in [2.45, 2.75) is 24.5 Å². The minimum atomic E-state index is 0.334. The fraction of sp³-hybridized carbons (Fsp3) is 0.462. The molecule has 1 aliphatic rings. The average molecular weight is 267 g/mol. The van der Waals surface area contributed by atoms with Crippen LogP contribution in [0.2, 0.25) is 5.02 Å². The second-order valence-electron chi connectivity index (χ2n) is 4.56. The summed E-state index contributed by atoms with van der Waals surface area (Å²) in [6.07, 6.45) is 2.56. The van der Waals surface area contributed by atoms with Crippen LogP contribution in [-0.4, -0.2) is 17.0 Å². The van der Waals surface area contributed by atoms with Crippen LogP contribution in [0.5, 0.6) is 0 Å². The normalized spacial score (nSPS) is 23.4. The van der Waals surface area contributed by atoms with Gasteiger partial charge in [0.2, 0.25) is 0 Å². The maximum atomic E-state index is 8.79. The number of nitriles is 1. The fourth-order valence-electron chi connectivity index (χ4n) is 1.98. The number of rotatable bonds is 3. The van der Waals surface area contributed by atoms with Gasteiger partial charge in [0.25, 0.3) is 0 Å². The van der Waals surface area contributed by atoms with Crippen molar-refractivity contribution in [3.63, 3.8) is 0 Å². The Bertz CT molecular complexity index is 447. The molecule has 1 aromatic rings. The van der Waals surface area contributed by atoms with Gasteiger partial charge in [0.15, 0.2) is 0 Å². The summed E-state index contributed by atoms with van der Waals surface area (Å²) in [6, 6.07) is 7.55. The number of nitrogens with zero attached hydrogens (tertiary/aromatic N) is 1. The van der Waals surface area contributed by atoms with E-state index < -0.39 is 0 Å². The number of benzene rings is 1. The van der Waals surface area contributed by atoms with E-state index in [0.29, 0.717) is 15.3 Å². The fourth-order valence-corrected chi connectivity index (χ4v) is 3.45. The number of thioether (sulfide) groups is 1. The maximum Gasteiger partial charge on any atom is 0.101 e. The Labute approximate surface area is 111 Å². The zero-order valence-electron chi connectivity index (χ0n) is 9.79. The van der Waals surface area contributed by atoms with Crippen molar-refractivity contribution in [1.29, 1.82) is 5.26 Å². The molecule has 1 atom stereocenters. The first-order valence-electron chi connectivity index (χ1n) is 5.70. The molecule has 90 valence electrons. The zero-order chi connectivity index (χ0) is 12.3. The predicted molar refractivity (Wildman–Crippen MR) is 74.8 cm³/mol. The molecule has 1 heterocycles. The highest BCUT2D eigenvalue weighted by Gasteiger charge is 2.28. The lowest BCUT2D eigenvalue weighted by atomic mass is 10.1. The molecule has 0 amide bonds. The summed E-state index contributed by atoms with van der Waals surface area (Å²) in [7, 11) is 0. The van der Waals surface area contributed by atoms with Gasteiger partial charge in [0.1, 0.15) is 6.07 Å². The van der Waals surface area contributed by atoms with E-state index in [1.807, 2.05) is 23.9 Å². The van der Waals surface area contributed by atoms with E-state index in [2.05, 4.69) is 18.3 Å². The third kappa shape index (κ3) is 3.08. The van der Waals surface area contributed by atoms with E-state index in [1.54, 1.807) is 6.07 Å². The lowest BCUT2D eigenvalue weighted by Crippen LogP contribution is -2.26. The van der Waals surface area contributed by atoms with Crippen LogP contribution < -0.4 is 5.32 Å². The van der Waals surface area contributed by atoms with Crippen molar-refractivity contribution in [3.05, 3.63) is 28.8 Å². The van der Waals surface area contributed by atoms with Crippen molar-refractivity contribution in [3.8, 4) is 6.07 Å². The van der Waals surface area contributed by atoms with Gasteiger partial charge in [-0.15, -0.1) is 0 Å². The van der Waals surface area contributed by atoms with Gasteiger partial charge < -0.3 is 5.32 Å². The van der Waals surface area contributed by atoms with Gasteiger partial charge >= 0.3 is 0 Å². The smallest absolute Gasteiger partial charge is 0.101 e. The van der Waals surface area contributed by atoms with Gasteiger partial charge in [0, 0.05) is 17.0 Å². The van der Waals surface area contributed by atoms with E-state index in [0.717, 1.165) is 12.2 Å². The van der Waals surface area contributed by atoms with Gasteiger partial charge in [-0.1, -0.05) is 11.6 Å². The van der Waals surface area contributed by atoms with Crippen LogP contribution in [0.4, 0.5) is 5.69 Å². The molecule has 0 aliphatic carbocycles. The second-order valence-corrected chi connectivity index (χ2v) is 6.65. The van der Waals surface area contributed by atoms with Crippen molar-refractivity contribution in [2.75, 3.05) is 17.6 Å². The number of halogens is 1. The summed E-state index contributed by atoms with van der Waals surface area (Å²) in [4.78, 5) is 0. The Hall–Kier alpha value is -0.850. The van der Waals surface area contributed by atoms with E-state index >= 15 is 0 Å². The van der Waals surface area contributed by atoms with Crippen LogP contribution >= 0.6 is 23.4 Å². The first-order chi connectivity index (χ1) is 8.13. The molecule has 0 radical (unpaired) electrons. The molecule has 4 heteroatoms. The molecule has 1 aliphatic heterocycles. The lowest BCUT2D eigenvalue weighted by Gasteiger charge is -2.23. The SMILES string of the molecule is CC1(CNc2ccc(C#N)c(Cl)c2)CCCS1. The van der Waals surface area contributed by atoms with Gasteiger partial charge in [-0.25, -0.2) is 0 Å². The lowest BCUT2D eigenvalue weighted by molar-refractivity contribution is 0.635. The summed E-state index contributed by atoms with van der Waals surface area (Å²) in [5.74, 6) is 1.26. The number of hydrogen-bond donors (Lipinski definition) is 1. The highest BCUT2D eigenvalue weighted by molar-refractivity contribution is 8.00. The largest absolute Gasteiger partial charge is 0.384 e. The maximum absolute atomic E-state index is 8.79. The average Bonchev–Trinajstić information content (AvgIpc) is 2.74. The van der Waals surface area contributed by atoms with Gasteiger partial charge in [-0.2, -0.15) is 17.0 Å². The highest BCUT2D eigenvalue weighted by atomic mass is 35.5. The summed E-state index contributed by atoms with van der Waals surface area (Å²) in [6.45, 7) is 3.24. The zero-order valence-corrected chi connectivity index (χ0v) is 11.4. The second kappa shape index (κ2) is 5.20. The van der Waals surface area contributed by atoms with Crippen molar-refractivity contribution >= 4 is 29.1 Å². The summed E-state index contributed by atoms with van der Waals surface area (Å²) in [5, 5.41) is 12.7. The molecule has 1 saturated heterocycles. The number of hydrogen-bond acceptors (Lipinski definition) is 3. The van der Waals surface area contributed by atoms with E-state index in [4.69, 9.17) is 16.9 Å². The molecule has 2 nitrogen and oxygen atoms in total. The first kappa shape index (κ1) is 12.6. The van der Waals surface area contributed by atoms with Crippen molar-refractivity contribution in [1.82, 2.24) is 0 Å². The van der Waals surface area contributed by atoms with Crippen molar-refractivity contribution in [2.24, 2.45) is 0 Å². The Morgan fingerprint density at radius 1 is 1.59 bits per heavy atom. The topological polar surface area (TPSA) is 35.8 Å². The third-order valence-corrected chi connectivity index (χ3v) is 4.91. The third-order valence-electron chi connectivity index (χ3n) is 3.06. The van der Waals surface area contributed by atoms with Crippen LogP contribution in [-0.2, 0) is 0 Å². The summed E-state index contributed by atoms with van der Waals surface area (Å²) >= 11 is 8.02. The molecule has 1 fully saturated rings. The van der Waals surface area contributed by atoms with Crippen molar-refractivity contribution < 1.29 is 0 Å². The molecule has 0 bridgehead atoms. The van der Waals surface area contributed by atoms with E-state index in [9.17, 15) is 0 Å². The van der Waals surface area contributed by atoms with Crippen LogP contribution in [0.15, 0.2) is 18.2 Å².